The highest BCUT2D eigenvalue weighted by Crippen LogP contribution is 2.30. The maximum atomic E-state index is 9.35. The van der Waals surface area contributed by atoms with Gasteiger partial charge in [0.2, 0.25) is 0 Å². The zero-order valence-electron chi connectivity index (χ0n) is 14.7. The first kappa shape index (κ1) is 18.7. The number of nitriles is 1. The molecule has 1 saturated heterocycles. The van der Waals surface area contributed by atoms with Crippen molar-refractivity contribution in [2.75, 3.05) is 32.8 Å². The summed E-state index contributed by atoms with van der Waals surface area (Å²) in [6.07, 6.45) is 1.78. The fourth-order valence-corrected chi connectivity index (χ4v) is 3.29. The lowest BCUT2D eigenvalue weighted by Gasteiger charge is -2.27. The smallest absolute Gasteiger partial charge is 0.139 e. The number of benzene rings is 2. The Morgan fingerprint density at radius 1 is 1.15 bits per heavy atom. The maximum Gasteiger partial charge on any atom is 0.139 e. The quantitative estimate of drug-likeness (QED) is 0.722. The molecular formula is C21H23ClN2O2. The Bertz CT molecular complexity index is 739. The molecule has 136 valence electrons. The second-order valence-electron chi connectivity index (χ2n) is 6.37. The van der Waals surface area contributed by atoms with Crippen LogP contribution in [0.1, 0.15) is 30.1 Å². The van der Waals surface area contributed by atoms with Gasteiger partial charge in [-0.05, 0) is 37.1 Å². The van der Waals surface area contributed by atoms with Crippen LogP contribution in [0.5, 0.6) is 5.75 Å². The Hall–Kier alpha value is -2.06. The Morgan fingerprint density at radius 3 is 2.65 bits per heavy atom. The third-order valence-electron chi connectivity index (χ3n) is 4.55. The van der Waals surface area contributed by atoms with Gasteiger partial charge in [0.05, 0.1) is 18.8 Å². The van der Waals surface area contributed by atoms with Crippen LogP contribution in [0.15, 0.2) is 48.5 Å². The highest BCUT2D eigenvalue weighted by atomic mass is 35.5. The molecule has 1 atom stereocenters. The van der Waals surface area contributed by atoms with Gasteiger partial charge in [-0.25, -0.2) is 0 Å². The minimum absolute atomic E-state index is 0.109. The average Bonchev–Trinajstić information content (AvgIpc) is 2.69. The van der Waals surface area contributed by atoms with E-state index in [1.807, 2.05) is 18.2 Å². The topological polar surface area (TPSA) is 45.5 Å². The van der Waals surface area contributed by atoms with Gasteiger partial charge in [0.15, 0.2) is 0 Å². The van der Waals surface area contributed by atoms with Crippen LogP contribution in [0.25, 0.3) is 0 Å². The van der Waals surface area contributed by atoms with E-state index in [1.165, 1.54) is 0 Å². The van der Waals surface area contributed by atoms with Gasteiger partial charge >= 0.3 is 0 Å². The lowest BCUT2D eigenvalue weighted by Crippen LogP contribution is -2.37. The Labute approximate surface area is 159 Å². The summed E-state index contributed by atoms with van der Waals surface area (Å²) in [5.41, 5.74) is 1.61. The lowest BCUT2D eigenvalue weighted by molar-refractivity contribution is 0.0357. The number of rotatable bonds is 7. The van der Waals surface area contributed by atoms with E-state index in [4.69, 9.17) is 21.1 Å². The molecule has 0 aliphatic carbocycles. The van der Waals surface area contributed by atoms with Gasteiger partial charge in [-0.3, -0.25) is 4.90 Å². The highest BCUT2D eigenvalue weighted by molar-refractivity contribution is 6.30. The molecule has 0 N–H and O–H groups in total. The molecule has 1 heterocycles. The predicted octanol–water partition coefficient (Wildman–Crippen LogP) is 4.44. The van der Waals surface area contributed by atoms with Gasteiger partial charge in [0.25, 0.3) is 0 Å². The van der Waals surface area contributed by atoms with Crippen LogP contribution >= 0.6 is 11.6 Å². The maximum absolute atomic E-state index is 9.35. The van der Waals surface area contributed by atoms with Crippen LogP contribution in [-0.2, 0) is 4.74 Å². The van der Waals surface area contributed by atoms with Crippen LogP contribution in [0.2, 0.25) is 5.02 Å². The number of hydrogen-bond donors (Lipinski definition) is 0. The molecule has 1 fully saturated rings. The molecule has 2 aromatic rings. The number of halogens is 1. The molecule has 26 heavy (non-hydrogen) atoms. The fraction of sp³-hybridized carbons (Fsp3) is 0.381. The van der Waals surface area contributed by atoms with Crippen molar-refractivity contribution in [3.05, 3.63) is 64.7 Å². The van der Waals surface area contributed by atoms with Crippen molar-refractivity contribution in [1.29, 1.82) is 5.26 Å². The summed E-state index contributed by atoms with van der Waals surface area (Å²) >= 11 is 6.10. The minimum atomic E-state index is -0.109. The van der Waals surface area contributed by atoms with Crippen molar-refractivity contribution in [1.82, 2.24) is 4.90 Å². The van der Waals surface area contributed by atoms with E-state index in [0.29, 0.717) is 16.3 Å². The summed E-state index contributed by atoms with van der Waals surface area (Å²) in [6.45, 7) is 4.63. The second-order valence-corrected chi connectivity index (χ2v) is 6.80. The van der Waals surface area contributed by atoms with Gasteiger partial charge in [0, 0.05) is 24.2 Å². The molecule has 5 heteroatoms. The number of ether oxygens (including phenoxy) is 2. The largest absolute Gasteiger partial charge is 0.484 e. The summed E-state index contributed by atoms with van der Waals surface area (Å²) in [7, 11) is 0. The number of morpholine rings is 1. The Morgan fingerprint density at radius 2 is 1.92 bits per heavy atom. The molecule has 2 aromatic carbocycles. The van der Waals surface area contributed by atoms with Gasteiger partial charge in [-0.2, -0.15) is 5.26 Å². The molecule has 0 aromatic heterocycles. The van der Waals surface area contributed by atoms with E-state index >= 15 is 0 Å². The lowest BCUT2D eigenvalue weighted by atomic mass is 10.0. The van der Waals surface area contributed by atoms with Crippen LogP contribution in [0, 0.1) is 11.3 Å². The van der Waals surface area contributed by atoms with E-state index in [-0.39, 0.29) is 6.10 Å². The second kappa shape index (κ2) is 9.59. The van der Waals surface area contributed by atoms with Crippen molar-refractivity contribution in [3.63, 3.8) is 0 Å². The van der Waals surface area contributed by atoms with Crippen LogP contribution in [0.4, 0.5) is 0 Å². The SMILES string of the molecule is N#Cc1ccc(Cl)cc1O[C@H](CCCN1CCOCC1)c1ccccc1. The van der Waals surface area contributed by atoms with Crippen LogP contribution in [0.3, 0.4) is 0 Å². The molecule has 3 rings (SSSR count). The van der Waals surface area contributed by atoms with E-state index in [9.17, 15) is 5.26 Å². The van der Waals surface area contributed by atoms with Crippen molar-refractivity contribution < 1.29 is 9.47 Å². The van der Waals surface area contributed by atoms with Gasteiger partial charge in [0.1, 0.15) is 17.9 Å². The normalized spacial score (nSPS) is 16.0. The summed E-state index contributed by atoms with van der Waals surface area (Å²) in [5.74, 6) is 0.542. The first-order valence-electron chi connectivity index (χ1n) is 8.97. The summed E-state index contributed by atoms with van der Waals surface area (Å²) < 4.78 is 11.6. The van der Waals surface area contributed by atoms with Gasteiger partial charge < -0.3 is 9.47 Å². The number of hydrogen-bond acceptors (Lipinski definition) is 4. The molecular weight excluding hydrogens is 348 g/mol. The number of nitrogens with zero attached hydrogens (tertiary/aromatic N) is 2. The van der Waals surface area contributed by atoms with Crippen molar-refractivity contribution in [2.24, 2.45) is 0 Å². The molecule has 0 unspecified atom stereocenters. The first-order chi connectivity index (χ1) is 12.8. The minimum Gasteiger partial charge on any atom is -0.484 e. The zero-order valence-corrected chi connectivity index (χ0v) is 15.5. The zero-order chi connectivity index (χ0) is 18.2. The molecule has 0 saturated carbocycles. The van der Waals surface area contributed by atoms with Crippen LogP contribution in [-0.4, -0.2) is 37.7 Å². The fourth-order valence-electron chi connectivity index (χ4n) is 3.13. The molecule has 1 aliphatic heterocycles. The highest BCUT2D eigenvalue weighted by Gasteiger charge is 2.17. The van der Waals surface area contributed by atoms with Crippen LogP contribution < -0.4 is 4.74 Å². The summed E-state index contributed by atoms with van der Waals surface area (Å²) in [4.78, 5) is 2.42. The molecule has 0 radical (unpaired) electrons. The van der Waals surface area contributed by atoms with E-state index in [2.05, 4.69) is 23.1 Å². The van der Waals surface area contributed by atoms with E-state index in [0.717, 1.165) is 51.3 Å². The summed E-state index contributed by atoms with van der Waals surface area (Å²) in [6, 6.07) is 17.5. The Balaban J connectivity index is 1.70. The van der Waals surface area contributed by atoms with Gasteiger partial charge in [-0.15, -0.1) is 0 Å². The standard InChI is InChI=1S/C21H23ClN2O2/c22-19-9-8-18(16-23)21(15-19)26-20(17-5-2-1-3-6-17)7-4-10-24-11-13-25-14-12-24/h1-3,5-6,8-9,15,20H,4,7,10-14H2/t20-/m1/s1. The average molecular weight is 371 g/mol. The molecule has 1 aliphatic rings. The van der Waals surface area contributed by atoms with Crippen molar-refractivity contribution in [2.45, 2.75) is 18.9 Å². The predicted molar refractivity (Wildman–Crippen MR) is 102 cm³/mol. The van der Waals surface area contributed by atoms with Crippen molar-refractivity contribution in [3.8, 4) is 11.8 Å². The third-order valence-corrected chi connectivity index (χ3v) is 4.78. The summed E-state index contributed by atoms with van der Waals surface area (Å²) in [5, 5.41) is 9.92. The van der Waals surface area contributed by atoms with Crippen molar-refractivity contribution >= 4 is 11.6 Å². The van der Waals surface area contributed by atoms with E-state index in [1.54, 1.807) is 18.2 Å². The van der Waals surface area contributed by atoms with Gasteiger partial charge in [-0.1, -0.05) is 41.9 Å². The molecule has 4 nitrogen and oxygen atoms in total. The first-order valence-corrected chi connectivity index (χ1v) is 9.35. The molecule has 0 bridgehead atoms. The Kier molecular flexibility index (Phi) is 6.90. The third kappa shape index (κ3) is 5.22. The molecule has 0 spiro atoms. The van der Waals surface area contributed by atoms with E-state index < -0.39 is 0 Å². The molecule has 0 amide bonds. The monoisotopic (exact) mass is 370 g/mol.